The molecule has 0 aliphatic heterocycles. The second-order valence-corrected chi connectivity index (χ2v) is 12.0. The van der Waals surface area contributed by atoms with Gasteiger partial charge in [-0.2, -0.15) is 0 Å². The van der Waals surface area contributed by atoms with E-state index in [1.807, 2.05) is 27.7 Å². The zero-order chi connectivity index (χ0) is 24.6. The molecule has 4 aliphatic rings. The molecule has 3 fully saturated rings. The Labute approximate surface area is 204 Å². The molecule has 0 spiro atoms. The van der Waals surface area contributed by atoms with Crippen LogP contribution in [0, 0.1) is 40.4 Å². The number of hydrogen-bond donors (Lipinski definition) is 1. The maximum atomic E-state index is 12.4. The Hall–Kier alpha value is -1.09. The number of ether oxygens (including phenoxy) is 1. The lowest BCUT2D eigenvalue weighted by Gasteiger charge is -2.58. The van der Waals surface area contributed by atoms with Gasteiger partial charge in [-0.1, -0.05) is 66.2 Å². The average Bonchev–Trinajstić information content (AvgIpc) is 3.16. The predicted octanol–water partition coefficient (Wildman–Crippen LogP) is 7.45. The first-order valence-electron chi connectivity index (χ1n) is 14.0. The molecule has 0 aromatic rings. The number of nitrogens with two attached hydrogens (primary N) is 1. The molecule has 2 N–H and O–H groups in total. The van der Waals surface area contributed by atoms with Crippen molar-refractivity contribution < 1.29 is 9.53 Å². The summed E-state index contributed by atoms with van der Waals surface area (Å²) in [5.41, 5.74) is 9.83. The minimum absolute atomic E-state index is 0.0884. The SMILES string of the molecule is C=C(CC)C1CCC2C3CCC4=C[C@@H](OC(=O)C(N)C(C)C)CCC4(C)C3CCC12C.CC. The Kier molecular flexibility index (Phi) is 8.24. The number of esters is 1. The Morgan fingerprint density at radius 2 is 1.82 bits per heavy atom. The molecule has 0 aromatic heterocycles. The lowest BCUT2D eigenvalue weighted by Crippen LogP contribution is -2.51. The summed E-state index contributed by atoms with van der Waals surface area (Å²) in [5.74, 6) is 3.10. The number of carbonyl (C=O) groups is 1. The fraction of sp³-hybridized carbons (Fsp3) is 0.833. The smallest absolute Gasteiger partial charge is 0.323 e. The Bertz CT molecular complexity index is 754. The van der Waals surface area contributed by atoms with Crippen LogP contribution in [0.25, 0.3) is 0 Å². The molecule has 7 unspecified atom stereocenters. The summed E-state index contributed by atoms with van der Waals surface area (Å²) in [6, 6.07) is -0.522. The van der Waals surface area contributed by atoms with E-state index in [-0.39, 0.29) is 23.4 Å². The molecule has 188 valence electrons. The monoisotopic (exact) mass is 457 g/mol. The number of hydrogen-bond acceptors (Lipinski definition) is 3. The average molecular weight is 458 g/mol. The van der Waals surface area contributed by atoms with Crippen LogP contribution in [0.1, 0.15) is 106 Å². The van der Waals surface area contributed by atoms with Crippen LogP contribution >= 0.6 is 0 Å². The standard InChI is InChI=1S/C28H45NO2.C2H6/c1-7-18(4)22-10-11-23-21-9-8-19-16-20(31-26(30)25(29)17(2)3)12-14-27(19,5)24(21)13-15-28(22,23)6;1-2/h16-17,20-25H,4,7-15,29H2,1-3,5-6H3;1-2H3/t20-,21?,22?,23?,24?,25?,27?,28?;/m0./s1. The highest BCUT2D eigenvalue weighted by Crippen LogP contribution is 2.67. The molecule has 3 saturated carbocycles. The zero-order valence-electron chi connectivity index (χ0n) is 22.6. The van der Waals surface area contributed by atoms with Crippen molar-refractivity contribution in [3.63, 3.8) is 0 Å². The van der Waals surface area contributed by atoms with Gasteiger partial charge in [-0.3, -0.25) is 4.79 Å². The highest BCUT2D eigenvalue weighted by atomic mass is 16.5. The number of carbonyl (C=O) groups excluding carboxylic acids is 1. The second-order valence-electron chi connectivity index (χ2n) is 12.0. The minimum Gasteiger partial charge on any atom is -0.457 e. The highest BCUT2D eigenvalue weighted by molar-refractivity contribution is 5.76. The van der Waals surface area contributed by atoms with Crippen molar-refractivity contribution in [2.24, 2.45) is 46.2 Å². The fourth-order valence-corrected chi connectivity index (χ4v) is 8.21. The van der Waals surface area contributed by atoms with Crippen molar-refractivity contribution in [2.45, 2.75) is 118 Å². The van der Waals surface area contributed by atoms with E-state index in [9.17, 15) is 4.79 Å². The molecule has 8 atom stereocenters. The van der Waals surface area contributed by atoms with Gasteiger partial charge in [0.15, 0.2) is 0 Å². The van der Waals surface area contributed by atoms with Crippen LogP contribution in [0.3, 0.4) is 0 Å². The van der Waals surface area contributed by atoms with E-state index in [1.165, 1.54) is 44.1 Å². The van der Waals surface area contributed by atoms with Crippen LogP contribution in [0.2, 0.25) is 0 Å². The zero-order valence-corrected chi connectivity index (χ0v) is 22.6. The van der Waals surface area contributed by atoms with Gasteiger partial charge in [0.05, 0.1) is 0 Å². The van der Waals surface area contributed by atoms with Crippen LogP contribution in [0.15, 0.2) is 23.8 Å². The molecule has 4 aliphatic carbocycles. The minimum atomic E-state index is -0.522. The summed E-state index contributed by atoms with van der Waals surface area (Å²) in [6.45, 7) is 19.8. The normalized spacial score (nSPS) is 40.4. The van der Waals surface area contributed by atoms with Gasteiger partial charge in [0.25, 0.3) is 0 Å². The molecule has 0 radical (unpaired) electrons. The molecular formula is C30H51NO2. The highest BCUT2D eigenvalue weighted by Gasteiger charge is 2.59. The first-order chi connectivity index (χ1) is 15.6. The summed E-state index contributed by atoms with van der Waals surface area (Å²) >= 11 is 0. The van der Waals surface area contributed by atoms with Gasteiger partial charge in [-0.05, 0) is 104 Å². The summed E-state index contributed by atoms with van der Waals surface area (Å²) in [7, 11) is 0. The summed E-state index contributed by atoms with van der Waals surface area (Å²) in [5, 5.41) is 0. The first kappa shape index (κ1) is 26.5. The van der Waals surface area contributed by atoms with Crippen molar-refractivity contribution in [3.05, 3.63) is 23.8 Å². The summed E-state index contributed by atoms with van der Waals surface area (Å²) in [6.07, 6.45) is 13.4. The van der Waals surface area contributed by atoms with E-state index in [0.717, 1.165) is 42.9 Å². The maximum absolute atomic E-state index is 12.4. The van der Waals surface area contributed by atoms with Gasteiger partial charge in [-0.25, -0.2) is 0 Å². The van der Waals surface area contributed by atoms with E-state index in [2.05, 4.69) is 33.4 Å². The fourth-order valence-electron chi connectivity index (χ4n) is 8.21. The Balaban J connectivity index is 0.00000149. The largest absolute Gasteiger partial charge is 0.457 e. The topological polar surface area (TPSA) is 52.3 Å². The van der Waals surface area contributed by atoms with Gasteiger partial charge in [0.2, 0.25) is 0 Å². The molecule has 3 heteroatoms. The lowest BCUT2D eigenvalue weighted by atomic mass is 9.46. The molecule has 0 bridgehead atoms. The van der Waals surface area contributed by atoms with Crippen LogP contribution in [-0.4, -0.2) is 18.1 Å². The van der Waals surface area contributed by atoms with Crippen LogP contribution in [-0.2, 0) is 9.53 Å². The quantitative estimate of drug-likeness (QED) is 0.344. The molecule has 0 saturated heterocycles. The summed E-state index contributed by atoms with van der Waals surface area (Å²) in [4.78, 5) is 12.4. The van der Waals surface area contributed by atoms with Crippen LogP contribution in [0.5, 0.6) is 0 Å². The molecule has 0 amide bonds. The maximum Gasteiger partial charge on any atom is 0.323 e. The third-order valence-corrected chi connectivity index (χ3v) is 10.3. The first-order valence-corrected chi connectivity index (χ1v) is 14.0. The van der Waals surface area contributed by atoms with Gasteiger partial charge < -0.3 is 10.5 Å². The number of fused-ring (bicyclic) bond motifs is 5. The predicted molar refractivity (Wildman–Crippen MR) is 139 cm³/mol. The van der Waals surface area contributed by atoms with E-state index in [0.29, 0.717) is 5.41 Å². The van der Waals surface area contributed by atoms with Gasteiger partial charge in [0.1, 0.15) is 12.1 Å². The third kappa shape index (κ3) is 4.60. The van der Waals surface area contributed by atoms with Crippen LogP contribution < -0.4 is 5.73 Å². The molecule has 33 heavy (non-hydrogen) atoms. The second kappa shape index (κ2) is 10.3. The molecule has 4 rings (SSSR count). The molecule has 0 heterocycles. The van der Waals surface area contributed by atoms with Gasteiger partial charge in [0, 0.05) is 0 Å². The Morgan fingerprint density at radius 3 is 2.45 bits per heavy atom. The van der Waals surface area contributed by atoms with Crippen molar-refractivity contribution in [3.8, 4) is 0 Å². The molecular weight excluding hydrogens is 406 g/mol. The van der Waals surface area contributed by atoms with Crippen molar-refractivity contribution in [2.75, 3.05) is 0 Å². The van der Waals surface area contributed by atoms with Crippen molar-refractivity contribution >= 4 is 5.97 Å². The van der Waals surface area contributed by atoms with E-state index >= 15 is 0 Å². The van der Waals surface area contributed by atoms with Crippen molar-refractivity contribution in [1.82, 2.24) is 0 Å². The molecule has 3 nitrogen and oxygen atoms in total. The Morgan fingerprint density at radius 1 is 1.12 bits per heavy atom. The lowest BCUT2D eigenvalue weighted by molar-refractivity contribution is -0.151. The number of allylic oxidation sites excluding steroid dienone is 2. The van der Waals surface area contributed by atoms with E-state index in [1.54, 1.807) is 5.57 Å². The van der Waals surface area contributed by atoms with E-state index in [4.69, 9.17) is 10.5 Å². The third-order valence-electron chi connectivity index (χ3n) is 10.3. The van der Waals surface area contributed by atoms with Crippen molar-refractivity contribution in [1.29, 1.82) is 0 Å². The van der Waals surface area contributed by atoms with Gasteiger partial charge in [-0.15, -0.1) is 0 Å². The van der Waals surface area contributed by atoms with Crippen LogP contribution in [0.4, 0.5) is 0 Å². The van der Waals surface area contributed by atoms with Gasteiger partial charge >= 0.3 is 5.97 Å². The number of rotatable bonds is 5. The van der Waals surface area contributed by atoms with E-state index < -0.39 is 6.04 Å². The molecule has 0 aromatic carbocycles. The summed E-state index contributed by atoms with van der Waals surface area (Å²) < 4.78 is 5.83.